The Morgan fingerprint density at radius 1 is 1.00 bits per heavy atom. The first-order chi connectivity index (χ1) is 11.4. The summed E-state index contributed by atoms with van der Waals surface area (Å²) in [6.07, 6.45) is -4.36. The first kappa shape index (κ1) is 16.5. The Hall–Kier alpha value is -2.35. The lowest BCUT2D eigenvalue weighted by Gasteiger charge is -2.12. The van der Waals surface area contributed by atoms with Gasteiger partial charge in [-0.3, -0.25) is 0 Å². The van der Waals surface area contributed by atoms with E-state index >= 15 is 0 Å². The van der Waals surface area contributed by atoms with Crippen LogP contribution < -0.4 is 10.1 Å². The van der Waals surface area contributed by atoms with Gasteiger partial charge in [0.1, 0.15) is 0 Å². The third-order valence-corrected chi connectivity index (χ3v) is 3.87. The van der Waals surface area contributed by atoms with Crippen molar-refractivity contribution in [1.82, 2.24) is 10.2 Å². The summed E-state index contributed by atoms with van der Waals surface area (Å²) in [5.41, 5.74) is -0.227. The van der Waals surface area contributed by atoms with E-state index in [2.05, 4.69) is 31.4 Å². The number of alkyl halides is 3. The zero-order chi connectivity index (χ0) is 17.3. The van der Waals surface area contributed by atoms with Crippen LogP contribution in [0.3, 0.4) is 0 Å². The molecule has 1 heterocycles. The van der Waals surface area contributed by atoms with Crippen LogP contribution in [-0.2, 0) is 6.18 Å². The molecule has 0 radical (unpaired) electrons. The summed E-state index contributed by atoms with van der Waals surface area (Å²) in [6, 6.07) is 10.2. The maximum Gasteiger partial charge on any atom is 0.416 e. The van der Waals surface area contributed by atoms with Crippen molar-refractivity contribution >= 4 is 38.2 Å². The highest BCUT2D eigenvalue weighted by molar-refractivity contribution is 9.10. The molecule has 0 saturated heterocycles. The van der Waals surface area contributed by atoms with Gasteiger partial charge in [0.2, 0.25) is 5.88 Å². The van der Waals surface area contributed by atoms with Crippen LogP contribution in [0.5, 0.6) is 5.88 Å². The number of fused-ring (bicyclic) bond motifs is 1. The molecule has 4 nitrogen and oxygen atoms in total. The minimum absolute atomic E-state index is 0.365. The quantitative estimate of drug-likeness (QED) is 0.662. The lowest BCUT2D eigenvalue weighted by atomic mass is 10.1. The van der Waals surface area contributed by atoms with Crippen molar-refractivity contribution in [3.05, 3.63) is 52.5 Å². The molecule has 0 amide bonds. The molecule has 8 heteroatoms. The topological polar surface area (TPSA) is 47.0 Å². The van der Waals surface area contributed by atoms with Crippen molar-refractivity contribution < 1.29 is 17.9 Å². The number of nitrogens with zero attached hydrogens (tertiary/aromatic N) is 2. The lowest BCUT2D eigenvalue weighted by molar-refractivity contribution is -0.137. The third kappa shape index (κ3) is 3.28. The largest absolute Gasteiger partial charge is 0.479 e. The van der Waals surface area contributed by atoms with Crippen LogP contribution in [0.2, 0.25) is 0 Å². The van der Waals surface area contributed by atoms with Gasteiger partial charge in [-0.2, -0.15) is 13.2 Å². The van der Waals surface area contributed by atoms with Crippen LogP contribution in [0.4, 0.5) is 24.7 Å². The fourth-order valence-corrected chi connectivity index (χ4v) is 2.59. The maximum atomic E-state index is 12.6. The second kappa shape index (κ2) is 6.27. The third-order valence-electron chi connectivity index (χ3n) is 3.38. The van der Waals surface area contributed by atoms with Crippen LogP contribution in [0.15, 0.2) is 46.9 Å². The van der Waals surface area contributed by atoms with Crippen molar-refractivity contribution in [3.63, 3.8) is 0 Å². The summed E-state index contributed by atoms with van der Waals surface area (Å²) >= 11 is 3.38. The Kier molecular flexibility index (Phi) is 4.31. The molecule has 0 aliphatic rings. The Morgan fingerprint density at radius 3 is 2.33 bits per heavy atom. The zero-order valence-corrected chi connectivity index (χ0v) is 13.9. The fourth-order valence-electron chi connectivity index (χ4n) is 2.23. The molecular weight excluding hydrogens is 387 g/mol. The van der Waals surface area contributed by atoms with Crippen molar-refractivity contribution in [3.8, 4) is 5.88 Å². The standard InChI is InChI=1S/C16H11BrF3N3O/c1-24-15-13-8-10(17)4-7-12(13)14(22-23-15)21-11-5-2-9(3-6-11)16(18,19)20/h2-8H,1H3,(H,21,22). The summed E-state index contributed by atoms with van der Waals surface area (Å²) in [4.78, 5) is 0. The molecule has 0 bridgehead atoms. The molecule has 0 unspecified atom stereocenters. The average molecular weight is 398 g/mol. The molecule has 2 aromatic carbocycles. The van der Waals surface area contributed by atoms with Gasteiger partial charge in [0.05, 0.1) is 18.1 Å². The van der Waals surface area contributed by atoms with E-state index in [1.54, 1.807) is 0 Å². The van der Waals surface area contributed by atoms with E-state index in [9.17, 15) is 13.2 Å². The first-order valence-corrected chi connectivity index (χ1v) is 7.62. The smallest absolute Gasteiger partial charge is 0.416 e. The van der Waals surface area contributed by atoms with Crippen molar-refractivity contribution in [2.75, 3.05) is 12.4 Å². The molecule has 24 heavy (non-hydrogen) atoms. The van der Waals surface area contributed by atoms with Crippen molar-refractivity contribution in [2.24, 2.45) is 0 Å². The Labute approximate surface area is 143 Å². The minimum Gasteiger partial charge on any atom is -0.479 e. The normalized spacial score (nSPS) is 11.5. The van der Waals surface area contributed by atoms with Crippen LogP contribution in [-0.4, -0.2) is 17.3 Å². The van der Waals surface area contributed by atoms with Gasteiger partial charge in [-0.05, 0) is 42.5 Å². The molecule has 0 saturated carbocycles. The molecule has 124 valence electrons. The van der Waals surface area contributed by atoms with Gasteiger partial charge in [-0.15, -0.1) is 10.2 Å². The molecule has 0 atom stereocenters. The molecular formula is C16H11BrF3N3O. The van der Waals surface area contributed by atoms with Gasteiger partial charge in [-0.1, -0.05) is 15.9 Å². The molecule has 1 N–H and O–H groups in total. The Morgan fingerprint density at radius 2 is 1.71 bits per heavy atom. The SMILES string of the molecule is COc1nnc(Nc2ccc(C(F)(F)F)cc2)c2ccc(Br)cc12. The maximum absolute atomic E-state index is 12.6. The number of anilines is 2. The summed E-state index contributed by atoms with van der Waals surface area (Å²) < 4.78 is 43.9. The predicted molar refractivity (Wildman–Crippen MR) is 88.5 cm³/mol. The number of nitrogens with one attached hydrogen (secondary N) is 1. The first-order valence-electron chi connectivity index (χ1n) is 6.82. The van der Waals surface area contributed by atoms with Crippen LogP contribution in [0.25, 0.3) is 10.8 Å². The van der Waals surface area contributed by atoms with E-state index < -0.39 is 11.7 Å². The average Bonchev–Trinajstić information content (AvgIpc) is 2.54. The van der Waals surface area contributed by atoms with E-state index in [0.717, 1.165) is 27.4 Å². The van der Waals surface area contributed by atoms with E-state index in [1.807, 2.05) is 18.2 Å². The van der Waals surface area contributed by atoms with E-state index in [0.29, 0.717) is 17.4 Å². The fraction of sp³-hybridized carbons (Fsp3) is 0.125. The van der Waals surface area contributed by atoms with Crippen LogP contribution in [0, 0.1) is 0 Å². The number of hydrogen-bond donors (Lipinski definition) is 1. The number of halogens is 4. The molecule has 3 rings (SSSR count). The molecule has 0 spiro atoms. The number of rotatable bonds is 3. The number of aromatic nitrogens is 2. The molecule has 0 aliphatic heterocycles. The van der Waals surface area contributed by atoms with Gasteiger partial charge >= 0.3 is 6.18 Å². The zero-order valence-electron chi connectivity index (χ0n) is 12.4. The molecule has 3 aromatic rings. The van der Waals surface area contributed by atoms with Gasteiger partial charge in [0.25, 0.3) is 0 Å². The Bertz CT molecular complexity index is 882. The number of benzene rings is 2. The lowest BCUT2D eigenvalue weighted by Crippen LogP contribution is -2.05. The summed E-state index contributed by atoms with van der Waals surface area (Å²) in [5, 5.41) is 12.5. The van der Waals surface area contributed by atoms with Gasteiger partial charge in [0.15, 0.2) is 5.82 Å². The van der Waals surface area contributed by atoms with E-state index in [4.69, 9.17) is 4.74 Å². The summed E-state index contributed by atoms with van der Waals surface area (Å²) in [6.45, 7) is 0. The van der Waals surface area contributed by atoms with Gasteiger partial charge in [0, 0.05) is 15.5 Å². The van der Waals surface area contributed by atoms with E-state index in [-0.39, 0.29) is 0 Å². The highest BCUT2D eigenvalue weighted by Gasteiger charge is 2.29. The second-order valence-electron chi connectivity index (χ2n) is 4.95. The molecule has 1 aromatic heterocycles. The minimum atomic E-state index is -4.36. The van der Waals surface area contributed by atoms with Crippen LogP contribution in [0.1, 0.15) is 5.56 Å². The van der Waals surface area contributed by atoms with Gasteiger partial charge in [-0.25, -0.2) is 0 Å². The molecule has 0 fully saturated rings. The predicted octanol–water partition coefficient (Wildman–Crippen LogP) is 5.16. The summed E-state index contributed by atoms with van der Waals surface area (Å²) in [5.74, 6) is 0.794. The highest BCUT2D eigenvalue weighted by Crippen LogP contribution is 2.33. The highest BCUT2D eigenvalue weighted by atomic mass is 79.9. The number of ether oxygens (including phenoxy) is 1. The van der Waals surface area contributed by atoms with Crippen molar-refractivity contribution in [2.45, 2.75) is 6.18 Å². The van der Waals surface area contributed by atoms with Crippen LogP contribution >= 0.6 is 15.9 Å². The van der Waals surface area contributed by atoms with E-state index in [1.165, 1.54) is 19.2 Å². The number of hydrogen-bond acceptors (Lipinski definition) is 4. The number of methoxy groups -OCH3 is 1. The van der Waals surface area contributed by atoms with Gasteiger partial charge < -0.3 is 10.1 Å². The Balaban J connectivity index is 1.99. The summed E-state index contributed by atoms with van der Waals surface area (Å²) in [7, 11) is 1.49. The second-order valence-corrected chi connectivity index (χ2v) is 5.86. The molecule has 0 aliphatic carbocycles. The monoisotopic (exact) mass is 397 g/mol. The van der Waals surface area contributed by atoms with Crippen molar-refractivity contribution in [1.29, 1.82) is 0 Å².